The Hall–Kier alpha value is -1.10. The van der Waals surface area contributed by atoms with Gasteiger partial charge in [-0.2, -0.15) is 0 Å². The van der Waals surface area contributed by atoms with Gasteiger partial charge in [0.2, 0.25) is 11.8 Å². The summed E-state index contributed by atoms with van der Waals surface area (Å²) in [6.45, 7) is 3.82. The summed E-state index contributed by atoms with van der Waals surface area (Å²) in [5, 5.41) is 9.89. The van der Waals surface area contributed by atoms with Gasteiger partial charge in [0.25, 0.3) is 0 Å². The van der Waals surface area contributed by atoms with Crippen molar-refractivity contribution in [3.63, 3.8) is 0 Å². The van der Waals surface area contributed by atoms with Gasteiger partial charge in [-0.05, 0) is 12.8 Å². The van der Waals surface area contributed by atoms with Crippen LogP contribution < -0.4 is 0 Å². The van der Waals surface area contributed by atoms with E-state index in [-0.39, 0.29) is 29.3 Å². The Morgan fingerprint density at radius 1 is 1.18 bits per heavy atom. The van der Waals surface area contributed by atoms with Crippen molar-refractivity contribution < 1.29 is 14.7 Å². The molecule has 3 fully saturated rings. The van der Waals surface area contributed by atoms with Crippen molar-refractivity contribution in [2.24, 2.45) is 11.3 Å². The van der Waals surface area contributed by atoms with Crippen LogP contribution in [0.2, 0.25) is 0 Å². The zero-order chi connectivity index (χ0) is 12.2. The average molecular weight is 238 g/mol. The zero-order valence-electron chi connectivity index (χ0n) is 10.1. The van der Waals surface area contributed by atoms with Crippen LogP contribution in [0.15, 0.2) is 0 Å². The van der Waals surface area contributed by atoms with Gasteiger partial charge in [-0.1, -0.05) is 0 Å². The predicted octanol–water partition coefficient (Wildman–Crippen LogP) is -0.552. The number of nitrogens with zero attached hydrogens (tertiary/aromatic N) is 2. The van der Waals surface area contributed by atoms with Crippen LogP contribution in [0.1, 0.15) is 19.8 Å². The highest BCUT2D eigenvalue weighted by molar-refractivity contribution is 5.84. The lowest BCUT2D eigenvalue weighted by atomic mass is 9.98. The molecular formula is C12H18N2O3. The number of rotatable bonds is 1. The second-order valence-corrected chi connectivity index (χ2v) is 5.72. The number of aliphatic hydroxyl groups is 1. The second-order valence-electron chi connectivity index (χ2n) is 5.72. The molecule has 2 saturated heterocycles. The Morgan fingerprint density at radius 2 is 1.82 bits per heavy atom. The number of hydrogen-bond donors (Lipinski definition) is 1. The summed E-state index contributed by atoms with van der Waals surface area (Å²) < 4.78 is 0. The molecule has 3 rings (SSSR count). The van der Waals surface area contributed by atoms with E-state index in [0.717, 1.165) is 12.8 Å². The van der Waals surface area contributed by atoms with E-state index in [0.29, 0.717) is 26.2 Å². The van der Waals surface area contributed by atoms with E-state index in [4.69, 9.17) is 0 Å². The van der Waals surface area contributed by atoms with E-state index in [2.05, 4.69) is 0 Å². The molecule has 17 heavy (non-hydrogen) atoms. The van der Waals surface area contributed by atoms with Gasteiger partial charge in [-0.15, -0.1) is 0 Å². The summed E-state index contributed by atoms with van der Waals surface area (Å²) in [4.78, 5) is 26.6. The van der Waals surface area contributed by atoms with E-state index in [1.807, 2.05) is 0 Å². The predicted molar refractivity (Wildman–Crippen MR) is 60.0 cm³/mol. The minimum absolute atomic E-state index is 0.0275. The molecule has 1 saturated carbocycles. The summed E-state index contributed by atoms with van der Waals surface area (Å²) in [5.74, 6) is 0.111. The molecule has 94 valence electrons. The highest BCUT2D eigenvalue weighted by Gasteiger charge is 2.56. The van der Waals surface area contributed by atoms with Gasteiger partial charge in [0.15, 0.2) is 0 Å². The highest BCUT2D eigenvalue weighted by Crippen LogP contribution is 2.53. The monoisotopic (exact) mass is 238 g/mol. The fraction of sp³-hybridized carbons (Fsp3) is 0.833. The Labute approximate surface area is 100 Å². The van der Waals surface area contributed by atoms with E-state index in [1.165, 1.54) is 6.92 Å². The minimum Gasteiger partial charge on any atom is -0.391 e. The van der Waals surface area contributed by atoms with Gasteiger partial charge < -0.3 is 14.9 Å². The molecule has 2 amide bonds. The second kappa shape index (κ2) is 3.45. The maximum absolute atomic E-state index is 12.1. The van der Waals surface area contributed by atoms with E-state index >= 15 is 0 Å². The maximum atomic E-state index is 12.1. The fourth-order valence-corrected chi connectivity index (χ4v) is 2.92. The highest BCUT2D eigenvalue weighted by atomic mass is 16.3. The Kier molecular flexibility index (Phi) is 2.23. The smallest absolute Gasteiger partial charge is 0.229 e. The molecule has 1 N–H and O–H groups in total. The fourth-order valence-electron chi connectivity index (χ4n) is 2.92. The molecule has 5 heteroatoms. The SMILES string of the molecule is CC(=O)N1CC(C(=O)N2CC(O)C3(CC3)C2)C1. The van der Waals surface area contributed by atoms with Gasteiger partial charge >= 0.3 is 0 Å². The average Bonchev–Trinajstić information content (AvgIpc) is 2.86. The van der Waals surface area contributed by atoms with Gasteiger partial charge in [0.05, 0.1) is 12.0 Å². The molecular weight excluding hydrogens is 220 g/mol. The van der Waals surface area contributed by atoms with Crippen molar-refractivity contribution in [1.29, 1.82) is 0 Å². The van der Waals surface area contributed by atoms with Crippen molar-refractivity contribution in [2.75, 3.05) is 26.2 Å². The first kappa shape index (κ1) is 11.0. The number of carbonyl (C=O) groups excluding carboxylic acids is 2. The normalized spacial score (nSPS) is 30.6. The Bertz CT molecular complexity index is 372. The molecule has 1 spiro atoms. The van der Waals surface area contributed by atoms with Crippen LogP contribution in [0.25, 0.3) is 0 Å². The maximum Gasteiger partial charge on any atom is 0.229 e. The van der Waals surface area contributed by atoms with E-state index in [9.17, 15) is 14.7 Å². The summed E-state index contributed by atoms with van der Waals surface area (Å²) >= 11 is 0. The molecule has 0 bridgehead atoms. The molecule has 0 aromatic heterocycles. The number of aliphatic hydroxyl groups excluding tert-OH is 1. The third-order valence-electron chi connectivity index (χ3n) is 4.49. The number of β-amino-alcohol motifs (C(OH)–C–C–N with tert-alkyl or cyclic N) is 1. The van der Waals surface area contributed by atoms with Crippen LogP contribution in [-0.2, 0) is 9.59 Å². The first-order valence-electron chi connectivity index (χ1n) is 6.24. The lowest BCUT2D eigenvalue weighted by molar-refractivity contribution is -0.146. The quantitative estimate of drug-likeness (QED) is 0.666. The van der Waals surface area contributed by atoms with Crippen LogP contribution in [0.5, 0.6) is 0 Å². The molecule has 1 unspecified atom stereocenters. The van der Waals surface area contributed by atoms with E-state index < -0.39 is 0 Å². The molecule has 0 radical (unpaired) electrons. The van der Waals surface area contributed by atoms with Crippen LogP contribution in [0.4, 0.5) is 0 Å². The van der Waals surface area contributed by atoms with Gasteiger partial charge in [0.1, 0.15) is 0 Å². The summed E-state index contributed by atoms with van der Waals surface area (Å²) in [5.41, 5.74) is 0.0275. The third-order valence-corrected chi connectivity index (χ3v) is 4.49. The topological polar surface area (TPSA) is 60.9 Å². The van der Waals surface area contributed by atoms with Crippen molar-refractivity contribution in [2.45, 2.75) is 25.9 Å². The summed E-state index contributed by atoms with van der Waals surface area (Å²) in [7, 11) is 0. The molecule has 2 heterocycles. The largest absolute Gasteiger partial charge is 0.391 e. The zero-order valence-corrected chi connectivity index (χ0v) is 10.1. The molecule has 2 aliphatic heterocycles. The summed E-state index contributed by atoms with van der Waals surface area (Å²) in [6, 6.07) is 0. The molecule has 1 atom stereocenters. The lowest BCUT2D eigenvalue weighted by Gasteiger charge is -2.39. The molecule has 0 aromatic carbocycles. The van der Waals surface area contributed by atoms with Gasteiger partial charge in [-0.3, -0.25) is 9.59 Å². The van der Waals surface area contributed by atoms with Gasteiger partial charge in [0, 0.05) is 38.5 Å². The van der Waals surface area contributed by atoms with E-state index in [1.54, 1.807) is 9.80 Å². The van der Waals surface area contributed by atoms with Crippen molar-refractivity contribution in [1.82, 2.24) is 9.80 Å². The Balaban J connectivity index is 1.56. The minimum atomic E-state index is -0.338. The lowest BCUT2D eigenvalue weighted by Crippen LogP contribution is -2.55. The van der Waals surface area contributed by atoms with Crippen LogP contribution in [0.3, 0.4) is 0 Å². The first-order chi connectivity index (χ1) is 8.02. The molecule has 0 aromatic rings. The molecule has 1 aliphatic carbocycles. The van der Waals surface area contributed by atoms with Crippen LogP contribution in [0, 0.1) is 11.3 Å². The van der Waals surface area contributed by atoms with Crippen molar-refractivity contribution >= 4 is 11.8 Å². The standard InChI is InChI=1S/C12H18N2O3/c1-8(15)13-4-9(5-13)11(17)14-6-10(16)12(7-14)2-3-12/h9-10,16H,2-7H2,1H3. The molecule has 5 nitrogen and oxygen atoms in total. The van der Waals surface area contributed by atoms with Crippen LogP contribution in [-0.4, -0.2) is 59.0 Å². The first-order valence-corrected chi connectivity index (χ1v) is 6.24. The Morgan fingerprint density at radius 3 is 2.29 bits per heavy atom. The van der Waals surface area contributed by atoms with Gasteiger partial charge in [-0.25, -0.2) is 0 Å². The molecule has 3 aliphatic rings. The number of carbonyl (C=O) groups is 2. The number of likely N-dealkylation sites (tertiary alicyclic amines) is 2. The number of hydrogen-bond acceptors (Lipinski definition) is 3. The number of amides is 2. The van der Waals surface area contributed by atoms with Crippen molar-refractivity contribution in [3.05, 3.63) is 0 Å². The van der Waals surface area contributed by atoms with Crippen LogP contribution >= 0.6 is 0 Å². The summed E-state index contributed by atoms with van der Waals surface area (Å²) in [6.07, 6.45) is 1.75. The van der Waals surface area contributed by atoms with Crippen molar-refractivity contribution in [3.8, 4) is 0 Å². The third kappa shape index (κ3) is 1.64.